The summed E-state index contributed by atoms with van der Waals surface area (Å²) >= 11 is 0. The lowest BCUT2D eigenvalue weighted by atomic mass is 9.97. The first-order valence-electron chi connectivity index (χ1n) is 16.8. The van der Waals surface area contributed by atoms with Gasteiger partial charge in [0.15, 0.2) is 0 Å². The summed E-state index contributed by atoms with van der Waals surface area (Å²) < 4.78 is 11.2. The van der Waals surface area contributed by atoms with Crippen LogP contribution >= 0.6 is 0 Å². The molecule has 270 valence electrons. The average Bonchev–Trinajstić information content (AvgIpc) is 3.02. The SMILES string of the molecule is CCC(C)N(C(=O)C(Cc1ccc(O)cc1)NC(=O)OC(C)(C)C)C(C(=O)NC(Cc1ccccc1)C(=O)OC(C)(C)C)c1cccc(O)c1. The maximum atomic E-state index is 14.8. The van der Waals surface area contributed by atoms with Crippen LogP contribution in [0.2, 0.25) is 0 Å². The Bertz CT molecular complexity index is 1600. The van der Waals surface area contributed by atoms with Crippen molar-refractivity contribution in [3.8, 4) is 11.5 Å². The number of rotatable bonds is 13. The van der Waals surface area contributed by atoms with Gasteiger partial charge < -0.3 is 35.2 Å². The van der Waals surface area contributed by atoms with Gasteiger partial charge in [-0.1, -0.05) is 61.5 Å². The zero-order valence-electron chi connectivity index (χ0n) is 30.2. The number of esters is 1. The topological polar surface area (TPSA) is 154 Å². The van der Waals surface area contributed by atoms with E-state index < -0.39 is 59.2 Å². The maximum absolute atomic E-state index is 14.8. The first-order chi connectivity index (χ1) is 23.4. The van der Waals surface area contributed by atoms with Crippen molar-refractivity contribution >= 4 is 23.9 Å². The van der Waals surface area contributed by atoms with Crippen molar-refractivity contribution in [2.75, 3.05) is 0 Å². The molecule has 0 radical (unpaired) electrons. The largest absolute Gasteiger partial charge is 0.508 e. The zero-order valence-corrected chi connectivity index (χ0v) is 30.2. The molecule has 3 aromatic carbocycles. The molecule has 0 saturated carbocycles. The average molecular weight is 690 g/mol. The molecule has 0 aromatic heterocycles. The number of hydrogen-bond donors (Lipinski definition) is 4. The summed E-state index contributed by atoms with van der Waals surface area (Å²) in [6.07, 6.45) is -0.278. The smallest absolute Gasteiger partial charge is 0.408 e. The summed E-state index contributed by atoms with van der Waals surface area (Å²) in [5.41, 5.74) is 0.0101. The monoisotopic (exact) mass is 689 g/mol. The molecule has 0 aliphatic rings. The highest BCUT2D eigenvalue weighted by Crippen LogP contribution is 2.29. The van der Waals surface area contributed by atoms with Crippen molar-refractivity contribution in [3.05, 3.63) is 95.6 Å². The third-order valence-corrected chi connectivity index (χ3v) is 7.69. The predicted octanol–water partition coefficient (Wildman–Crippen LogP) is 5.97. The van der Waals surface area contributed by atoms with Gasteiger partial charge in [0, 0.05) is 18.9 Å². The van der Waals surface area contributed by atoms with Gasteiger partial charge in [-0.15, -0.1) is 0 Å². The summed E-state index contributed by atoms with van der Waals surface area (Å²) in [5.74, 6) is -2.02. The molecule has 0 aliphatic heterocycles. The van der Waals surface area contributed by atoms with Crippen molar-refractivity contribution in [1.29, 1.82) is 0 Å². The Kier molecular flexibility index (Phi) is 13.4. The molecule has 50 heavy (non-hydrogen) atoms. The molecule has 4 N–H and O–H groups in total. The lowest BCUT2D eigenvalue weighted by Gasteiger charge is -2.39. The standard InChI is InChI=1S/C39H51N3O8/c1-9-25(2)42(35(46)31(41-37(48)50-39(6,7)8)22-27-18-20-29(43)21-19-27)33(28-16-13-17-30(44)24-28)34(45)40-32(36(47)49-38(3,4)5)23-26-14-11-10-12-15-26/h10-21,24-25,31-33,43-44H,9,22-23H2,1-8H3,(H,40,45)(H,41,48). The second-order valence-electron chi connectivity index (χ2n) is 14.4. The van der Waals surface area contributed by atoms with Crippen molar-refractivity contribution in [1.82, 2.24) is 15.5 Å². The summed E-state index contributed by atoms with van der Waals surface area (Å²) in [4.78, 5) is 57.4. The molecule has 11 heteroatoms. The first kappa shape index (κ1) is 39.4. The lowest BCUT2D eigenvalue weighted by Crippen LogP contribution is -2.57. The van der Waals surface area contributed by atoms with Crippen molar-refractivity contribution in [2.24, 2.45) is 0 Å². The Labute approximate surface area is 295 Å². The molecule has 0 bridgehead atoms. The summed E-state index contributed by atoms with van der Waals surface area (Å²) in [5, 5.41) is 25.9. The molecular formula is C39H51N3O8. The van der Waals surface area contributed by atoms with Crippen LogP contribution in [0.3, 0.4) is 0 Å². The molecule has 11 nitrogen and oxygen atoms in total. The molecule has 3 rings (SSSR count). The number of carbonyl (C=O) groups is 4. The number of aromatic hydroxyl groups is 2. The van der Waals surface area contributed by atoms with Crippen LogP contribution in [0.15, 0.2) is 78.9 Å². The van der Waals surface area contributed by atoms with Gasteiger partial charge in [0.25, 0.3) is 0 Å². The molecule has 4 atom stereocenters. The molecule has 0 aliphatic carbocycles. The molecule has 3 aromatic rings. The van der Waals surface area contributed by atoms with E-state index in [4.69, 9.17) is 9.47 Å². The number of phenolic OH excluding ortho intramolecular Hbond substituents is 2. The van der Waals surface area contributed by atoms with Gasteiger partial charge in [-0.3, -0.25) is 9.59 Å². The maximum Gasteiger partial charge on any atom is 0.408 e. The van der Waals surface area contributed by atoms with Gasteiger partial charge in [0.1, 0.15) is 40.8 Å². The molecule has 3 amide bonds. The van der Waals surface area contributed by atoms with E-state index in [-0.39, 0.29) is 24.3 Å². The van der Waals surface area contributed by atoms with Crippen molar-refractivity contribution in [3.63, 3.8) is 0 Å². The zero-order chi connectivity index (χ0) is 37.2. The number of nitrogens with zero attached hydrogens (tertiary/aromatic N) is 1. The van der Waals surface area contributed by atoms with E-state index in [1.54, 1.807) is 72.7 Å². The van der Waals surface area contributed by atoms with Crippen molar-refractivity contribution < 1.29 is 38.9 Å². The Morgan fingerprint density at radius 1 is 0.720 bits per heavy atom. The number of benzene rings is 3. The Balaban J connectivity index is 2.13. The molecule has 0 spiro atoms. The van der Waals surface area contributed by atoms with E-state index in [2.05, 4.69) is 10.6 Å². The van der Waals surface area contributed by atoms with Crippen LogP contribution < -0.4 is 10.6 Å². The second-order valence-corrected chi connectivity index (χ2v) is 14.4. The predicted molar refractivity (Wildman–Crippen MR) is 190 cm³/mol. The van der Waals surface area contributed by atoms with E-state index in [0.29, 0.717) is 17.5 Å². The van der Waals surface area contributed by atoms with Gasteiger partial charge in [0.2, 0.25) is 11.8 Å². The first-order valence-corrected chi connectivity index (χ1v) is 16.8. The van der Waals surface area contributed by atoms with E-state index in [9.17, 15) is 29.4 Å². The van der Waals surface area contributed by atoms with E-state index in [1.165, 1.54) is 29.2 Å². The van der Waals surface area contributed by atoms with Gasteiger partial charge >= 0.3 is 12.1 Å². The summed E-state index contributed by atoms with van der Waals surface area (Å²) in [6.45, 7) is 13.9. The molecule has 0 saturated heterocycles. The third kappa shape index (κ3) is 12.1. The quantitative estimate of drug-likeness (QED) is 0.160. The van der Waals surface area contributed by atoms with Crippen LogP contribution in [0.25, 0.3) is 0 Å². The van der Waals surface area contributed by atoms with Gasteiger partial charge in [-0.25, -0.2) is 9.59 Å². The van der Waals surface area contributed by atoms with Crippen LogP contribution in [0.4, 0.5) is 4.79 Å². The molecular weight excluding hydrogens is 638 g/mol. The van der Waals surface area contributed by atoms with Crippen LogP contribution in [-0.2, 0) is 36.7 Å². The molecule has 4 unspecified atom stereocenters. The minimum Gasteiger partial charge on any atom is -0.508 e. The van der Waals surface area contributed by atoms with Crippen LogP contribution in [-0.4, -0.2) is 68.3 Å². The fourth-order valence-electron chi connectivity index (χ4n) is 5.29. The highest BCUT2D eigenvalue weighted by atomic mass is 16.6. The fourth-order valence-corrected chi connectivity index (χ4v) is 5.29. The van der Waals surface area contributed by atoms with Gasteiger partial charge in [-0.2, -0.15) is 0 Å². The fraction of sp³-hybridized carbons (Fsp3) is 0.436. The number of carbonyl (C=O) groups excluding carboxylic acids is 4. The van der Waals surface area contributed by atoms with Gasteiger partial charge in [0.05, 0.1) is 0 Å². The van der Waals surface area contributed by atoms with E-state index in [1.807, 2.05) is 37.3 Å². The summed E-state index contributed by atoms with van der Waals surface area (Å²) in [7, 11) is 0. The van der Waals surface area contributed by atoms with E-state index in [0.717, 1.165) is 5.56 Å². The number of phenols is 2. The highest BCUT2D eigenvalue weighted by Gasteiger charge is 2.40. The Morgan fingerprint density at radius 3 is 1.86 bits per heavy atom. The van der Waals surface area contributed by atoms with Crippen LogP contribution in [0.5, 0.6) is 11.5 Å². The number of ether oxygens (including phenoxy) is 2. The van der Waals surface area contributed by atoms with E-state index >= 15 is 0 Å². The summed E-state index contributed by atoms with van der Waals surface area (Å²) in [6, 6.07) is 17.2. The number of alkyl carbamates (subject to hydrolysis) is 1. The number of hydrogen-bond acceptors (Lipinski definition) is 8. The van der Waals surface area contributed by atoms with Gasteiger partial charge in [-0.05, 0) is 95.8 Å². The Morgan fingerprint density at radius 2 is 1.30 bits per heavy atom. The minimum absolute atomic E-state index is 0.00814. The Hall–Kier alpha value is -5.06. The number of nitrogens with one attached hydrogen (secondary N) is 2. The second kappa shape index (κ2) is 17.0. The normalized spacial score (nSPS) is 14.0. The van der Waals surface area contributed by atoms with Crippen LogP contribution in [0, 0.1) is 0 Å². The number of amides is 3. The minimum atomic E-state index is -1.34. The third-order valence-electron chi connectivity index (χ3n) is 7.69. The molecule has 0 fully saturated rings. The highest BCUT2D eigenvalue weighted by molar-refractivity contribution is 5.94. The lowest BCUT2D eigenvalue weighted by molar-refractivity contribution is -0.159. The van der Waals surface area contributed by atoms with Crippen LogP contribution in [0.1, 0.15) is 84.5 Å². The molecule has 0 heterocycles. The van der Waals surface area contributed by atoms with Crippen molar-refractivity contribution in [2.45, 2.75) is 110 Å².